The average molecular weight is 426 g/mol. The number of thiophene rings is 1. The highest BCUT2D eigenvalue weighted by molar-refractivity contribution is 7.17. The minimum absolute atomic E-state index is 0.111. The van der Waals surface area contributed by atoms with Crippen LogP contribution >= 0.6 is 11.3 Å². The topological polar surface area (TPSA) is 91.4 Å². The quantitative estimate of drug-likeness (QED) is 0.422. The maximum Gasteiger partial charge on any atom is 0.404 e. The van der Waals surface area contributed by atoms with Crippen LogP contribution in [0.25, 0.3) is 32.1 Å². The molecule has 4 rings (SSSR count). The van der Waals surface area contributed by atoms with Crippen molar-refractivity contribution in [3.05, 3.63) is 63.5 Å². The molecule has 0 radical (unpaired) electrons. The SMILES string of the molecule is COc1ccc2[nH]c(=O)c3sccc3c2c1-c1ccc(C(C)CNC(=O)O)c(F)c1. The molecule has 0 saturated heterocycles. The van der Waals surface area contributed by atoms with Crippen LogP contribution in [0, 0.1) is 5.82 Å². The molecular formula is C22H19FN2O4S. The molecule has 0 aliphatic carbocycles. The zero-order chi connectivity index (χ0) is 21.4. The summed E-state index contributed by atoms with van der Waals surface area (Å²) in [5.41, 5.74) is 2.20. The monoisotopic (exact) mass is 426 g/mol. The molecule has 8 heteroatoms. The maximum absolute atomic E-state index is 15.0. The lowest BCUT2D eigenvalue weighted by atomic mass is 9.93. The highest BCUT2D eigenvalue weighted by atomic mass is 32.1. The van der Waals surface area contributed by atoms with Gasteiger partial charge >= 0.3 is 6.09 Å². The largest absolute Gasteiger partial charge is 0.496 e. The van der Waals surface area contributed by atoms with Crippen LogP contribution < -0.4 is 15.6 Å². The molecule has 3 N–H and O–H groups in total. The van der Waals surface area contributed by atoms with Crippen LogP contribution in [0.5, 0.6) is 5.75 Å². The number of carboxylic acid groups (broad SMARTS) is 1. The lowest BCUT2D eigenvalue weighted by molar-refractivity contribution is 0.194. The van der Waals surface area contributed by atoms with Gasteiger partial charge in [-0.15, -0.1) is 11.3 Å². The number of pyridine rings is 1. The van der Waals surface area contributed by atoms with E-state index in [0.717, 1.165) is 10.8 Å². The van der Waals surface area contributed by atoms with Gasteiger partial charge in [0.15, 0.2) is 0 Å². The first-order valence-corrected chi connectivity index (χ1v) is 10.2. The van der Waals surface area contributed by atoms with Crippen molar-refractivity contribution in [1.82, 2.24) is 10.3 Å². The van der Waals surface area contributed by atoms with Crippen molar-refractivity contribution >= 4 is 38.4 Å². The summed E-state index contributed by atoms with van der Waals surface area (Å²) in [5.74, 6) is -0.198. The van der Waals surface area contributed by atoms with Crippen molar-refractivity contribution in [3.63, 3.8) is 0 Å². The number of carbonyl (C=O) groups is 1. The summed E-state index contributed by atoms with van der Waals surface area (Å²) >= 11 is 1.35. The Kier molecular flexibility index (Phi) is 5.17. The van der Waals surface area contributed by atoms with Gasteiger partial charge in [0.2, 0.25) is 0 Å². The van der Waals surface area contributed by atoms with Crippen molar-refractivity contribution in [2.24, 2.45) is 0 Å². The summed E-state index contributed by atoms with van der Waals surface area (Å²) < 4.78 is 21.2. The van der Waals surface area contributed by atoms with E-state index in [0.29, 0.717) is 32.7 Å². The number of nitrogens with one attached hydrogen (secondary N) is 2. The standard InChI is InChI=1S/C22H19FN2O4S/c1-11(10-24-22(27)28)13-4-3-12(9-15(13)23)18-17(29-2)6-5-16-19(18)14-7-8-30-20(14)21(26)25-16/h3-9,11,24H,10H2,1-2H3,(H,25,26)(H,27,28). The average Bonchev–Trinajstić information content (AvgIpc) is 3.22. The molecule has 30 heavy (non-hydrogen) atoms. The van der Waals surface area contributed by atoms with Gasteiger partial charge in [0.25, 0.3) is 5.56 Å². The first kappa shape index (κ1) is 19.9. The fourth-order valence-electron chi connectivity index (χ4n) is 3.72. The van der Waals surface area contributed by atoms with Crippen LogP contribution in [0.15, 0.2) is 46.6 Å². The molecule has 4 aromatic rings. The molecule has 0 saturated carbocycles. The van der Waals surface area contributed by atoms with E-state index < -0.39 is 11.9 Å². The Morgan fingerprint density at radius 3 is 2.80 bits per heavy atom. The molecule has 0 bridgehead atoms. The number of aromatic amines is 1. The van der Waals surface area contributed by atoms with Gasteiger partial charge in [0.1, 0.15) is 16.3 Å². The Balaban J connectivity index is 1.91. The second kappa shape index (κ2) is 7.79. The van der Waals surface area contributed by atoms with Crippen molar-refractivity contribution in [3.8, 4) is 16.9 Å². The van der Waals surface area contributed by atoms with E-state index in [1.807, 2.05) is 11.4 Å². The number of hydrogen-bond donors (Lipinski definition) is 3. The molecule has 0 aliphatic rings. The summed E-state index contributed by atoms with van der Waals surface area (Å²) in [6, 6.07) is 10.3. The summed E-state index contributed by atoms with van der Waals surface area (Å²) in [6.07, 6.45) is -1.15. The van der Waals surface area contributed by atoms with Crippen LogP contribution in [0.3, 0.4) is 0 Å². The van der Waals surface area contributed by atoms with E-state index in [2.05, 4.69) is 10.3 Å². The second-order valence-corrected chi connectivity index (χ2v) is 7.92. The minimum atomic E-state index is -1.15. The van der Waals surface area contributed by atoms with E-state index in [9.17, 15) is 14.0 Å². The number of halogens is 1. The smallest absolute Gasteiger partial charge is 0.404 e. The van der Waals surface area contributed by atoms with Crippen LogP contribution in [0.2, 0.25) is 0 Å². The molecular weight excluding hydrogens is 407 g/mol. The Morgan fingerprint density at radius 2 is 2.10 bits per heavy atom. The maximum atomic E-state index is 15.0. The van der Waals surface area contributed by atoms with Gasteiger partial charge < -0.3 is 20.1 Å². The summed E-state index contributed by atoms with van der Waals surface area (Å²) in [5, 5.41) is 14.5. The lowest BCUT2D eigenvalue weighted by Gasteiger charge is -2.16. The van der Waals surface area contributed by atoms with Crippen molar-refractivity contribution in [2.45, 2.75) is 12.8 Å². The zero-order valence-corrected chi connectivity index (χ0v) is 17.1. The van der Waals surface area contributed by atoms with Gasteiger partial charge in [-0.3, -0.25) is 4.79 Å². The number of methoxy groups -OCH3 is 1. The molecule has 0 fully saturated rings. The van der Waals surface area contributed by atoms with Gasteiger partial charge in [-0.2, -0.15) is 0 Å². The minimum Gasteiger partial charge on any atom is -0.496 e. The molecule has 6 nitrogen and oxygen atoms in total. The van der Waals surface area contributed by atoms with E-state index >= 15 is 0 Å². The molecule has 1 unspecified atom stereocenters. The van der Waals surface area contributed by atoms with Crippen molar-refractivity contribution in [1.29, 1.82) is 0 Å². The number of H-pyrrole nitrogens is 1. The normalized spacial score (nSPS) is 12.2. The highest BCUT2D eigenvalue weighted by Gasteiger charge is 2.19. The number of ether oxygens (including phenoxy) is 1. The molecule has 0 aliphatic heterocycles. The molecule has 154 valence electrons. The van der Waals surface area contributed by atoms with Crippen LogP contribution in [0.4, 0.5) is 9.18 Å². The fourth-order valence-corrected chi connectivity index (χ4v) is 4.51. The Labute approximate surface area is 174 Å². The summed E-state index contributed by atoms with van der Waals surface area (Å²) in [7, 11) is 1.55. The van der Waals surface area contributed by atoms with E-state index in [-0.39, 0.29) is 18.0 Å². The van der Waals surface area contributed by atoms with E-state index in [4.69, 9.17) is 9.84 Å². The van der Waals surface area contributed by atoms with Gasteiger partial charge in [-0.25, -0.2) is 9.18 Å². The molecule has 0 spiro atoms. The first-order valence-electron chi connectivity index (χ1n) is 9.27. The lowest BCUT2D eigenvalue weighted by Crippen LogP contribution is -2.25. The van der Waals surface area contributed by atoms with Crippen molar-refractivity contribution in [2.75, 3.05) is 13.7 Å². The van der Waals surface area contributed by atoms with Crippen molar-refractivity contribution < 1.29 is 19.0 Å². The third-order valence-corrected chi connectivity index (χ3v) is 6.07. The Morgan fingerprint density at radius 1 is 1.30 bits per heavy atom. The zero-order valence-electron chi connectivity index (χ0n) is 16.3. The van der Waals surface area contributed by atoms with E-state index in [1.165, 1.54) is 17.4 Å². The number of benzene rings is 2. The molecule has 1 amide bonds. The fraction of sp³-hybridized carbons (Fsp3) is 0.182. The predicted molar refractivity (Wildman–Crippen MR) is 116 cm³/mol. The Hall–Kier alpha value is -3.39. The second-order valence-electron chi connectivity index (χ2n) is 7.01. The molecule has 2 aromatic carbocycles. The van der Waals surface area contributed by atoms with Crippen LogP contribution in [0.1, 0.15) is 18.4 Å². The number of fused-ring (bicyclic) bond motifs is 3. The first-order chi connectivity index (χ1) is 14.4. The number of rotatable bonds is 5. The summed E-state index contributed by atoms with van der Waals surface area (Å²) in [4.78, 5) is 26.0. The van der Waals surface area contributed by atoms with Gasteiger partial charge in [0.05, 0.1) is 7.11 Å². The van der Waals surface area contributed by atoms with Gasteiger partial charge in [-0.1, -0.05) is 19.1 Å². The van der Waals surface area contributed by atoms with E-state index in [1.54, 1.807) is 38.3 Å². The predicted octanol–water partition coefficient (Wildman–Crippen LogP) is 4.93. The summed E-state index contributed by atoms with van der Waals surface area (Å²) in [6.45, 7) is 1.87. The van der Waals surface area contributed by atoms with Crippen LogP contribution in [-0.2, 0) is 0 Å². The number of amides is 1. The van der Waals surface area contributed by atoms with Crippen LogP contribution in [-0.4, -0.2) is 29.8 Å². The Bertz CT molecular complexity index is 1330. The highest BCUT2D eigenvalue weighted by Crippen LogP contribution is 2.40. The number of aromatic nitrogens is 1. The van der Waals surface area contributed by atoms with Gasteiger partial charge in [0, 0.05) is 34.3 Å². The molecule has 2 heterocycles. The third-order valence-electron chi connectivity index (χ3n) is 5.16. The van der Waals surface area contributed by atoms with Gasteiger partial charge in [-0.05, 0) is 40.8 Å². The molecule has 2 aromatic heterocycles. The third kappa shape index (κ3) is 3.39. The number of hydrogen-bond acceptors (Lipinski definition) is 4. The molecule has 1 atom stereocenters.